The van der Waals surface area contributed by atoms with Gasteiger partial charge >= 0.3 is 0 Å². The number of nitrogens with zero attached hydrogens (tertiary/aromatic N) is 1. The Bertz CT molecular complexity index is 758. The Labute approximate surface area is 142 Å². The van der Waals surface area contributed by atoms with Crippen molar-refractivity contribution in [2.45, 2.75) is 5.92 Å². The maximum Gasteiger partial charge on any atom is 0.185 e. The molecule has 0 saturated carbocycles. The normalized spacial score (nSPS) is 11.8. The lowest BCUT2D eigenvalue weighted by atomic mass is 9.91. The van der Waals surface area contributed by atoms with Crippen molar-refractivity contribution in [3.63, 3.8) is 0 Å². The van der Waals surface area contributed by atoms with E-state index in [2.05, 4.69) is 15.9 Å². The zero-order valence-electron chi connectivity index (χ0n) is 10.4. The maximum atomic E-state index is 13.8. The van der Waals surface area contributed by atoms with Crippen LogP contribution in [0.5, 0.6) is 0 Å². The molecule has 2 aromatic rings. The minimum atomic E-state index is -1.31. The van der Waals surface area contributed by atoms with Gasteiger partial charge in [-0.25, -0.2) is 8.78 Å². The van der Waals surface area contributed by atoms with Gasteiger partial charge < -0.3 is 0 Å². The lowest BCUT2D eigenvalue weighted by Crippen LogP contribution is -2.14. The summed E-state index contributed by atoms with van der Waals surface area (Å²) in [4.78, 5) is 12.5. The fourth-order valence-electron chi connectivity index (χ4n) is 1.85. The Hall–Kier alpha value is -1.33. The molecule has 0 spiro atoms. The van der Waals surface area contributed by atoms with E-state index in [1.54, 1.807) is 24.3 Å². The molecule has 0 aliphatic rings. The first-order chi connectivity index (χ1) is 9.93. The molecule has 0 aliphatic carbocycles. The van der Waals surface area contributed by atoms with Gasteiger partial charge in [-0.3, -0.25) is 4.79 Å². The average molecular weight is 462 g/mol. The minimum Gasteiger partial charge on any atom is -0.292 e. The van der Waals surface area contributed by atoms with Crippen LogP contribution in [0.1, 0.15) is 21.8 Å². The molecular formula is C15H7BrF2INO. The average Bonchev–Trinajstić information content (AvgIpc) is 2.44. The summed E-state index contributed by atoms with van der Waals surface area (Å²) in [5, 5.41) is 9.22. The van der Waals surface area contributed by atoms with Crippen LogP contribution in [0.15, 0.2) is 40.9 Å². The van der Waals surface area contributed by atoms with Crippen LogP contribution in [0.4, 0.5) is 8.78 Å². The number of carbonyl (C=O) groups is 1. The highest BCUT2D eigenvalue weighted by Gasteiger charge is 2.26. The quantitative estimate of drug-likeness (QED) is 0.485. The van der Waals surface area contributed by atoms with Crippen LogP contribution >= 0.6 is 38.5 Å². The second-order valence-corrected chi connectivity index (χ2v) is 6.29. The third-order valence-corrected chi connectivity index (χ3v) is 4.29. The molecule has 0 N–H and O–H groups in total. The molecule has 1 atom stereocenters. The summed E-state index contributed by atoms with van der Waals surface area (Å²) in [7, 11) is 0. The third-order valence-electron chi connectivity index (χ3n) is 2.86. The number of ketones is 1. The molecule has 0 radical (unpaired) electrons. The van der Waals surface area contributed by atoms with E-state index < -0.39 is 23.3 Å². The lowest BCUT2D eigenvalue weighted by molar-refractivity contribution is 0.0976. The fourth-order valence-corrected chi connectivity index (χ4v) is 2.81. The van der Waals surface area contributed by atoms with E-state index in [4.69, 9.17) is 0 Å². The SMILES string of the molecule is N#CC(C(=O)c1cc(Br)ccc1I)c1ccc(F)cc1F. The van der Waals surface area contributed by atoms with Crippen LogP contribution in [0, 0.1) is 26.5 Å². The van der Waals surface area contributed by atoms with Crippen molar-refractivity contribution in [3.8, 4) is 6.07 Å². The molecule has 0 bridgehead atoms. The van der Waals surface area contributed by atoms with Gasteiger partial charge in [0.2, 0.25) is 0 Å². The van der Waals surface area contributed by atoms with Gasteiger partial charge in [0, 0.05) is 25.2 Å². The summed E-state index contributed by atoms with van der Waals surface area (Å²) in [5.41, 5.74) is 0.194. The second kappa shape index (κ2) is 6.62. The largest absolute Gasteiger partial charge is 0.292 e. The van der Waals surface area contributed by atoms with E-state index in [1.165, 1.54) is 0 Å². The molecular weight excluding hydrogens is 455 g/mol. The van der Waals surface area contributed by atoms with Gasteiger partial charge in [-0.1, -0.05) is 22.0 Å². The molecule has 0 heterocycles. The molecule has 0 aliphatic heterocycles. The van der Waals surface area contributed by atoms with Crippen LogP contribution in [-0.4, -0.2) is 5.78 Å². The Kier molecular flexibility index (Phi) is 5.06. The predicted molar refractivity (Wildman–Crippen MR) is 85.9 cm³/mol. The zero-order chi connectivity index (χ0) is 15.6. The van der Waals surface area contributed by atoms with Gasteiger partial charge in [0.25, 0.3) is 0 Å². The summed E-state index contributed by atoms with van der Waals surface area (Å²) >= 11 is 5.22. The molecule has 2 rings (SSSR count). The molecule has 6 heteroatoms. The predicted octanol–water partition coefficient (Wildman–Crippen LogP) is 4.82. The van der Waals surface area contributed by atoms with Crippen LogP contribution in [0.25, 0.3) is 0 Å². The van der Waals surface area contributed by atoms with Gasteiger partial charge in [0.15, 0.2) is 5.78 Å². The van der Waals surface area contributed by atoms with Crippen molar-refractivity contribution in [2.24, 2.45) is 0 Å². The first kappa shape index (κ1) is 16.0. The van der Waals surface area contributed by atoms with E-state index in [9.17, 15) is 18.8 Å². The lowest BCUT2D eigenvalue weighted by Gasteiger charge is -2.11. The van der Waals surface area contributed by atoms with E-state index in [0.29, 0.717) is 19.7 Å². The van der Waals surface area contributed by atoms with Gasteiger partial charge in [-0.2, -0.15) is 5.26 Å². The summed E-state index contributed by atoms with van der Waals surface area (Å²) in [5.74, 6) is -3.49. The number of Topliss-reactive ketones (excluding diaryl/α,β-unsaturated/α-hetero) is 1. The van der Waals surface area contributed by atoms with Crippen molar-refractivity contribution in [3.05, 3.63) is 67.2 Å². The smallest absolute Gasteiger partial charge is 0.185 e. The second-order valence-electron chi connectivity index (χ2n) is 4.22. The van der Waals surface area contributed by atoms with Crippen molar-refractivity contribution < 1.29 is 13.6 Å². The minimum absolute atomic E-state index is 0.125. The Balaban J connectivity index is 2.49. The first-order valence-electron chi connectivity index (χ1n) is 5.78. The number of rotatable bonds is 3. The highest BCUT2D eigenvalue weighted by molar-refractivity contribution is 14.1. The zero-order valence-corrected chi connectivity index (χ0v) is 14.2. The molecule has 0 amide bonds. The van der Waals surface area contributed by atoms with E-state index in [-0.39, 0.29) is 5.56 Å². The van der Waals surface area contributed by atoms with Crippen LogP contribution in [0.3, 0.4) is 0 Å². The summed E-state index contributed by atoms with van der Waals surface area (Å²) < 4.78 is 28.1. The maximum absolute atomic E-state index is 13.8. The Morgan fingerprint density at radius 3 is 2.57 bits per heavy atom. The molecule has 0 saturated heterocycles. The van der Waals surface area contributed by atoms with Gasteiger partial charge in [0.1, 0.15) is 17.6 Å². The van der Waals surface area contributed by atoms with E-state index in [0.717, 1.165) is 12.1 Å². The highest BCUT2D eigenvalue weighted by atomic mass is 127. The Morgan fingerprint density at radius 2 is 1.95 bits per heavy atom. The molecule has 0 aromatic heterocycles. The molecule has 1 unspecified atom stereocenters. The van der Waals surface area contributed by atoms with Crippen molar-refractivity contribution in [1.29, 1.82) is 5.26 Å². The number of carbonyl (C=O) groups excluding carboxylic acids is 1. The van der Waals surface area contributed by atoms with Crippen molar-refractivity contribution in [2.75, 3.05) is 0 Å². The fraction of sp³-hybridized carbons (Fsp3) is 0.0667. The van der Waals surface area contributed by atoms with Gasteiger partial charge in [-0.15, -0.1) is 0 Å². The molecule has 21 heavy (non-hydrogen) atoms. The van der Waals surface area contributed by atoms with Crippen LogP contribution in [-0.2, 0) is 0 Å². The topological polar surface area (TPSA) is 40.9 Å². The first-order valence-corrected chi connectivity index (χ1v) is 7.65. The summed E-state index contributed by atoms with van der Waals surface area (Å²) in [6.07, 6.45) is 0. The monoisotopic (exact) mass is 461 g/mol. The van der Waals surface area contributed by atoms with Crippen LogP contribution < -0.4 is 0 Å². The summed E-state index contributed by atoms with van der Waals surface area (Å²) in [6.45, 7) is 0. The molecule has 0 fully saturated rings. The molecule has 2 aromatic carbocycles. The van der Waals surface area contributed by atoms with E-state index in [1.807, 2.05) is 22.6 Å². The summed E-state index contributed by atoms with van der Waals surface area (Å²) in [6, 6.07) is 9.67. The molecule has 2 nitrogen and oxygen atoms in total. The highest BCUT2D eigenvalue weighted by Crippen LogP contribution is 2.27. The van der Waals surface area contributed by atoms with Crippen molar-refractivity contribution >= 4 is 44.3 Å². The standard InChI is InChI=1S/C15H7BrF2INO/c16-8-1-4-14(19)11(5-8)15(21)12(7-20)10-3-2-9(17)6-13(10)18/h1-6,12H. The number of hydrogen-bond donors (Lipinski definition) is 0. The number of nitriles is 1. The number of halogens is 4. The van der Waals surface area contributed by atoms with Crippen LogP contribution in [0.2, 0.25) is 0 Å². The number of hydrogen-bond acceptors (Lipinski definition) is 2. The number of benzene rings is 2. The Morgan fingerprint density at radius 1 is 1.24 bits per heavy atom. The van der Waals surface area contributed by atoms with Gasteiger partial charge in [-0.05, 0) is 46.9 Å². The van der Waals surface area contributed by atoms with E-state index >= 15 is 0 Å². The third kappa shape index (κ3) is 3.47. The van der Waals surface area contributed by atoms with Gasteiger partial charge in [0.05, 0.1) is 6.07 Å². The van der Waals surface area contributed by atoms with Crippen molar-refractivity contribution in [1.82, 2.24) is 0 Å². The molecule has 106 valence electrons.